The topological polar surface area (TPSA) is 51.5 Å². The molecule has 1 aliphatic carbocycles. The highest BCUT2D eigenvalue weighted by Gasteiger charge is 2.30. The number of esters is 1. The van der Waals surface area contributed by atoms with Crippen molar-refractivity contribution in [1.29, 1.82) is 0 Å². The maximum absolute atomic E-state index is 12.4. The third-order valence-electron chi connectivity index (χ3n) is 3.26. The van der Waals surface area contributed by atoms with Crippen LogP contribution in [0.1, 0.15) is 32.8 Å². The van der Waals surface area contributed by atoms with Crippen molar-refractivity contribution in [1.82, 2.24) is 9.47 Å². The number of rotatable bonds is 2. The quantitative estimate of drug-likeness (QED) is 0.597. The summed E-state index contributed by atoms with van der Waals surface area (Å²) in [4.78, 5) is 26.0. The molecule has 0 unspecified atom stereocenters. The number of hydrogen-bond donors (Lipinski definition) is 0. The lowest BCUT2D eigenvalue weighted by molar-refractivity contribution is 0.0599. The average Bonchev–Trinajstić information content (AvgIpc) is 2.69. The van der Waals surface area contributed by atoms with Crippen molar-refractivity contribution >= 4 is 11.8 Å². The molecule has 0 bridgehead atoms. The van der Waals surface area contributed by atoms with Gasteiger partial charge in [-0.2, -0.15) is 0 Å². The van der Waals surface area contributed by atoms with Gasteiger partial charge in [0.25, 0.3) is 0 Å². The Kier molecular flexibility index (Phi) is 3.46. The van der Waals surface area contributed by atoms with Crippen LogP contribution >= 0.6 is 0 Å². The molecule has 0 spiro atoms. The first-order valence-corrected chi connectivity index (χ1v) is 6.14. The maximum Gasteiger partial charge on any atom is 0.339 e. The Bertz CT molecular complexity index is 567. The van der Waals surface area contributed by atoms with Gasteiger partial charge in [-0.15, -0.1) is 0 Å². The van der Waals surface area contributed by atoms with Crippen LogP contribution in [-0.2, 0) is 18.2 Å². The number of aromatic nitrogens is 1. The zero-order valence-corrected chi connectivity index (χ0v) is 11.7. The number of aryl methyl sites for hydroxylation is 1. The van der Waals surface area contributed by atoms with Gasteiger partial charge in [0.05, 0.1) is 18.4 Å². The van der Waals surface area contributed by atoms with Gasteiger partial charge in [0.2, 0.25) is 5.78 Å². The van der Waals surface area contributed by atoms with E-state index < -0.39 is 0 Å². The highest BCUT2D eigenvalue weighted by Crippen LogP contribution is 2.29. The van der Waals surface area contributed by atoms with Crippen LogP contribution in [0.15, 0.2) is 18.0 Å². The van der Waals surface area contributed by atoms with Gasteiger partial charge < -0.3 is 14.2 Å². The average molecular weight is 262 g/mol. The number of methoxy groups -OCH3 is 1. The van der Waals surface area contributed by atoms with E-state index >= 15 is 0 Å². The zero-order chi connectivity index (χ0) is 14.2. The van der Waals surface area contributed by atoms with E-state index in [0.29, 0.717) is 24.1 Å². The van der Waals surface area contributed by atoms with E-state index in [4.69, 9.17) is 4.74 Å². The number of allylic oxidation sites excluding steroid dienone is 1. The first-order chi connectivity index (χ1) is 8.95. The van der Waals surface area contributed by atoms with Crippen LogP contribution in [0.5, 0.6) is 0 Å². The molecular weight excluding hydrogens is 244 g/mol. The lowest BCUT2D eigenvalue weighted by atomic mass is 9.90. The van der Waals surface area contributed by atoms with Crippen LogP contribution in [0, 0.1) is 0 Å². The third kappa shape index (κ3) is 2.28. The van der Waals surface area contributed by atoms with Gasteiger partial charge in [0.15, 0.2) is 0 Å². The van der Waals surface area contributed by atoms with Gasteiger partial charge in [0, 0.05) is 39.1 Å². The molecular formula is C14H18N2O3. The minimum absolute atomic E-state index is 0.00685. The lowest BCUT2D eigenvalue weighted by Crippen LogP contribution is -2.19. The molecule has 0 saturated carbocycles. The Hall–Kier alpha value is -2.04. The van der Waals surface area contributed by atoms with Gasteiger partial charge in [0.1, 0.15) is 0 Å². The summed E-state index contributed by atoms with van der Waals surface area (Å²) in [6.07, 6.45) is 4.85. The Labute approximate surface area is 112 Å². The molecule has 1 aliphatic rings. The molecule has 1 aromatic heterocycles. The summed E-state index contributed by atoms with van der Waals surface area (Å²) in [5.41, 5.74) is 2.67. The molecule has 0 atom stereocenters. The summed E-state index contributed by atoms with van der Waals surface area (Å²) in [5.74, 6) is -0.391. The third-order valence-corrected chi connectivity index (χ3v) is 3.26. The molecule has 5 nitrogen and oxygen atoms in total. The molecule has 5 heteroatoms. The van der Waals surface area contributed by atoms with Crippen molar-refractivity contribution in [2.45, 2.75) is 12.8 Å². The maximum atomic E-state index is 12.4. The van der Waals surface area contributed by atoms with Crippen molar-refractivity contribution in [3.8, 4) is 0 Å². The van der Waals surface area contributed by atoms with Crippen LogP contribution in [0.3, 0.4) is 0 Å². The monoisotopic (exact) mass is 262 g/mol. The smallest absolute Gasteiger partial charge is 0.339 e. The van der Waals surface area contributed by atoms with Crippen LogP contribution in [0.2, 0.25) is 0 Å². The molecule has 0 fully saturated rings. The fraction of sp³-hybridized carbons (Fsp3) is 0.429. The van der Waals surface area contributed by atoms with Crippen molar-refractivity contribution in [2.24, 2.45) is 7.05 Å². The number of fused-ring (bicyclic) bond motifs is 1. The highest BCUT2D eigenvalue weighted by molar-refractivity contribution is 6.11. The minimum atomic E-state index is -0.385. The number of carbonyl (C=O) groups excluding carboxylic acids is 2. The molecule has 0 amide bonds. The predicted octanol–water partition coefficient (Wildman–Crippen LogP) is 1.39. The van der Waals surface area contributed by atoms with Crippen LogP contribution in [0.4, 0.5) is 0 Å². The van der Waals surface area contributed by atoms with Gasteiger partial charge >= 0.3 is 5.97 Å². The number of ketones is 1. The fourth-order valence-corrected chi connectivity index (χ4v) is 2.47. The molecule has 0 aromatic carbocycles. The fourth-order valence-electron chi connectivity index (χ4n) is 2.47. The van der Waals surface area contributed by atoms with Gasteiger partial charge in [-0.05, 0) is 18.4 Å². The molecule has 0 aliphatic heterocycles. The van der Waals surface area contributed by atoms with Gasteiger partial charge in [-0.3, -0.25) is 4.79 Å². The van der Waals surface area contributed by atoms with E-state index in [0.717, 1.165) is 11.1 Å². The Balaban J connectivity index is 2.49. The first kappa shape index (κ1) is 13.4. The summed E-state index contributed by atoms with van der Waals surface area (Å²) in [6, 6.07) is 0. The van der Waals surface area contributed by atoms with Crippen molar-refractivity contribution < 1.29 is 14.3 Å². The molecule has 19 heavy (non-hydrogen) atoms. The van der Waals surface area contributed by atoms with E-state index in [9.17, 15) is 9.59 Å². The second-order valence-corrected chi connectivity index (χ2v) is 4.92. The van der Waals surface area contributed by atoms with E-state index in [1.807, 2.05) is 25.2 Å². The van der Waals surface area contributed by atoms with E-state index in [2.05, 4.69) is 0 Å². The van der Waals surface area contributed by atoms with Crippen LogP contribution < -0.4 is 0 Å². The second kappa shape index (κ2) is 4.91. The zero-order valence-electron chi connectivity index (χ0n) is 11.7. The first-order valence-electron chi connectivity index (χ1n) is 6.14. The number of hydrogen-bond acceptors (Lipinski definition) is 4. The predicted molar refractivity (Wildman–Crippen MR) is 71.2 cm³/mol. The van der Waals surface area contributed by atoms with Crippen molar-refractivity contribution in [3.05, 3.63) is 34.8 Å². The molecule has 0 saturated heterocycles. The Morgan fingerprint density at radius 2 is 2.11 bits per heavy atom. The summed E-state index contributed by atoms with van der Waals surface area (Å²) >= 11 is 0. The molecule has 1 aromatic rings. The molecule has 102 valence electrons. The summed E-state index contributed by atoms with van der Waals surface area (Å²) in [7, 11) is 6.91. The Morgan fingerprint density at radius 1 is 1.42 bits per heavy atom. The highest BCUT2D eigenvalue weighted by atomic mass is 16.5. The lowest BCUT2D eigenvalue weighted by Gasteiger charge is -2.18. The standard InChI is InChI=1S/C14H18N2O3/c1-15(2)7-9-5-6-10-11(14(18)19-4)8-16(3)12(10)13(9)17/h7-8H,5-6H2,1-4H3. The molecule has 2 rings (SSSR count). The van der Waals surface area contributed by atoms with E-state index in [-0.39, 0.29) is 11.8 Å². The second-order valence-electron chi connectivity index (χ2n) is 4.92. The van der Waals surface area contributed by atoms with E-state index in [1.54, 1.807) is 17.8 Å². The SMILES string of the molecule is COC(=O)c1cn(C)c2c1CCC(=CN(C)C)C2=O. The van der Waals surface area contributed by atoms with Gasteiger partial charge in [-0.25, -0.2) is 4.79 Å². The van der Waals surface area contributed by atoms with Crippen LogP contribution in [-0.4, -0.2) is 42.4 Å². The van der Waals surface area contributed by atoms with Crippen molar-refractivity contribution in [3.63, 3.8) is 0 Å². The number of nitrogens with zero attached hydrogens (tertiary/aromatic N) is 2. The minimum Gasteiger partial charge on any atom is -0.465 e. The molecule has 0 N–H and O–H groups in total. The van der Waals surface area contributed by atoms with E-state index in [1.165, 1.54) is 7.11 Å². The van der Waals surface area contributed by atoms with Crippen molar-refractivity contribution in [2.75, 3.05) is 21.2 Å². The summed E-state index contributed by atoms with van der Waals surface area (Å²) in [5, 5.41) is 0. The Morgan fingerprint density at radius 3 is 2.68 bits per heavy atom. The summed E-state index contributed by atoms with van der Waals surface area (Å²) in [6.45, 7) is 0. The van der Waals surface area contributed by atoms with Crippen LogP contribution in [0.25, 0.3) is 0 Å². The normalized spacial score (nSPS) is 16.4. The number of ether oxygens (including phenoxy) is 1. The summed E-state index contributed by atoms with van der Waals surface area (Å²) < 4.78 is 6.47. The number of carbonyl (C=O) groups is 2. The molecule has 1 heterocycles. The molecule has 0 radical (unpaired) electrons. The largest absolute Gasteiger partial charge is 0.465 e. The van der Waals surface area contributed by atoms with Gasteiger partial charge in [-0.1, -0.05) is 0 Å². The number of Topliss-reactive ketones (excluding diaryl/α,β-unsaturated/α-hetero) is 1.